The summed E-state index contributed by atoms with van der Waals surface area (Å²) in [7, 11) is 1.40. The number of hydrogen-bond acceptors (Lipinski definition) is 3. The number of rotatable bonds is 3. The predicted molar refractivity (Wildman–Crippen MR) is 70.9 cm³/mol. The first-order chi connectivity index (χ1) is 9.04. The number of hydrogen-bond donors (Lipinski definition) is 1. The first-order valence-corrected chi connectivity index (χ1v) is 6.04. The van der Waals surface area contributed by atoms with E-state index >= 15 is 0 Å². The largest absolute Gasteiger partial charge is 0.350 e. The molecule has 1 heterocycles. The Morgan fingerprint density at radius 1 is 1.32 bits per heavy atom. The molecular weight excluding hydrogens is 244 g/mol. The van der Waals surface area contributed by atoms with Gasteiger partial charge in [-0.05, 0) is 19.9 Å². The fourth-order valence-electron chi connectivity index (χ4n) is 1.99. The molecule has 0 unspecified atom stereocenters. The van der Waals surface area contributed by atoms with Crippen molar-refractivity contribution in [3.05, 3.63) is 41.5 Å². The van der Waals surface area contributed by atoms with Gasteiger partial charge in [-0.3, -0.25) is 14.4 Å². The fraction of sp³-hybridized carbons (Fsp3) is 0.286. The van der Waals surface area contributed by atoms with Gasteiger partial charge in [0.25, 0.3) is 5.91 Å². The maximum Gasteiger partial charge on any atom is 0.282 e. The van der Waals surface area contributed by atoms with E-state index in [0.717, 1.165) is 5.06 Å². The molecule has 5 nitrogen and oxygen atoms in total. The number of nitrogens with one attached hydrogen (secondary N) is 1. The van der Waals surface area contributed by atoms with Crippen molar-refractivity contribution < 1.29 is 14.4 Å². The van der Waals surface area contributed by atoms with E-state index in [1.807, 2.05) is 19.9 Å². The van der Waals surface area contributed by atoms with Crippen molar-refractivity contribution in [1.82, 2.24) is 10.4 Å². The molecule has 2 amide bonds. The van der Waals surface area contributed by atoms with Crippen LogP contribution in [0.2, 0.25) is 0 Å². The molecule has 0 aromatic heterocycles. The predicted octanol–water partition coefficient (Wildman–Crippen LogP) is 1.57. The lowest BCUT2D eigenvalue weighted by atomic mass is 10.1. The number of amides is 2. The zero-order valence-corrected chi connectivity index (χ0v) is 11.1. The highest BCUT2D eigenvalue weighted by atomic mass is 16.7. The third-order valence-electron chi connectivity index (χ3n) is 2.72. The van der Waals surface area contributed by atoms with Gasteiger partial charge < -0.3 is 5.32 Å². The molecule has 1 aliphatic rings. The molecule has 1 aromatic rings. The van der Waals surface area contributed by atoms with Crippen LogP contribution in [0.1, 0.15) is 29.8 Å². The summed E-state index contributed by atoms with van der Waals surface area (Å²) in [6.07, 6.45) is 1.38. The second-order valence-electron chi connectivity index (χ2n) is 4.52. The first-order valence-electron chi connectivity index (χ1n) is 6.04. The number of nitrogens with zero attached hydrogens (tertiary/aromatic N) is 1. The van der Waals surface area contributed by atoms with Crippen molar-refractivity contribution in [2.24, 2.45) is 0 Å². The van der Waals surface area contributed by atoms with Crippen LogP contribution in [0.15, 0.2) is 30.3 Å². The lowest BCUT2D eigenvalue weighted by Crippen LogP contribution is -2.30. The molecule has 19 heavy (non-hydrogen) atoms. The Balaban J connectivity index is 2.40. The van der Waals surface area contributed by atoms with Gasteiger partial charge in [-0.1, -0.05) is 18.2 Å². The molecule has 0 aliphatic carbocycles. The van der Waals surface area contributed by atoms with Crippen molar-refractivity contribution in [2.45, 2.75) is 19.9 Å². The summed E-state index contributed by atoms with van der Waals surface area (Å²) in [5, 5.41) is 3.88. The third kappa shape index (κ3) is 2.51. The topological polar surface area (TPSA) is 58.6 Å². The first kappa shape index (κ1) is 13.3. The molecule has 0 radical (unpaired) electrons. The Labute approximate surface area is 111 Å². The summed E-state index contributed by atoms with van der Waals surface area (Å²) in [5.74, 6) is -0.516. The van der Waals surface area contributed by atoms with Gasteiger partial charge in [0, 0.05) is 17.7 Å². The van der Waals surface area contributed by atoms with Gasteiger partial charge in [0.15, 0.2) is 0 Å². The van der Waals surface area contributed by atoms with E-state index < -0.39 is 0 Å². The van der Waals surface area contributed by atoms with E-state index in [9.17, 15) is 9.59 Å². The summed E-state index contributed by atoms with van der Waals surface area (Å²) in [6.45, 7) is 3.75. The van der Waals surface area contributed by atoms with E-state index in [0.29, 0.717) is 16.8 Å². The maximum absolute atomic E-state index is 12.1. The lowest BCUT2D eigenvalue weighted by Gasteiger charge is -2.14. The molecule has 100 valence electrons. The summed E-state index contributed by atoms with van der Waals surface area (Å²) >= 11 is 0. The highest BCUT2D eigenvalue weighted by Crippen LogP contribution is 2.32. The van der Waals surface area contributed by atoms with E-state index in [1.54, 1.807) is 18.2 Å². The zero-order valence-electron chi connectivity index (χ0n) is 11.1. The van der Waals surface area contributed by atoms with Crippen molar-refractivity contribution in [3.8, 4) is 0 Å². The molecule has 0 bridgehead atoms. The molecule has 0 spiro atoms. The van der Waals surface area contributed by atoms with Gasteiger partial charge in [0.05, 0.1) is 18.4 Å². The Bertz CT molecular complexity index is 549. The van der Waals surface area contributed by atoms with Gasteiger partial charge in [-0.25, -0.2) is 0 Å². The Morgan fingerprint density at radius 3 is 2.53 bits per heavy atom. The van der Waals surface area contributed by atoms with Crippen molar-refractivity contribution >= 4 is 17.5 Å². The number of benzene rings is 1. The van der Waals surface area contributed by atoms with Crippen LogP contribution in [-0.2, 0) is 9.63 Å². The van der Waals surface area contributed by atoms with E-state index in [-0.39, 0.29) is 17.9 Å². The number of carbonyl (C=O) groups is 2. The molecule has 1 aliphatic heterocycles. The smallest absolute Gasteiger partial charge is 0.282 e. The Kier molecular flexibility index (Phi) is 3.66. The van der Waals surface area contributed by atoms with E-state index in [1.165, 1.54) is 13.2 Å². The average Bonchev–Trinajstić information content (AvgIpc) is 2.62. The minimum atomic E-state index is -0.262. The average molecular weight is 260 g/mol. The third-order valence-corrected chi connectivity index (χ3v) is 2.72. The summed E-state index contributed by atoms with van der Waals surface area (Å²) in [5.41, 5.74) is 1.70. The van der Waals surface area contributed by atoms with Crippen LogP contribution >= 0.6 is 0 Å². The van der Waals surface area contributed by atoms with Crippen LogP contribution in [0.25, 0.3) is 5.70 Å². The Hall–Kier alpha value is -2.14. The minimum absolute atomic E-state index is 0.0349. The molecule has 0 fully saturated rings. The summed E-state index contributed by atoms with van der Waals surface area (Å²) in [4.78, 5) is 28.9. The van der Waals surface area contributed by atoms with Crippen LogP contribution < -0.4 is 5.32 Å². The molecule has 1 aromatic carbocycles. The number of carbonyl (C=O) groups excluding carboxylic acids is 2. The summed E-state index contributed by atoms with van der Waals surface area (Å²) < 4.78 is 0. The van der Waals surface area contributed by atoms with Gasteiger partial charge in [0.2, 0.25) is 5.91 Å². The van der Waals surface area contributed by atoms with Gasteiger partial charge in [-0.2, -0.15) is 5.06 Å². The molecule has 0 saturated heterocycles. The molecule has 1 N–H and O–H groups in total. The van der Waals surface area contributed by atoms with Crippen molar-refractivity contribution in [1.29, 1.82) is 0 Å². The van der Waals surface area contributed by atoms with E-state index in [2.05, 4.69) is 5.32 Å². The second-order valence-corrected chi connectivity index (χ2v) is 4.52. The standard InChI is InChI=1S/C14H16N2O3/c1-9(2)15-13(17)8-12-10-6-4-5-7-11(10)14(18)16(12)19-3/h4-9H,1-3H3,(H,15,17)/b12-8+. The van der Waals surface area contributed by atoms with Crippen molar-refractivity contribution in [3.63, 3.8) is 0 Å². The normalized spacial score (nSPS) is 16.1. The lowest BCUT2D eigenvalue weighted by molar-refractivity contribution is -0.117. The molecule has 0 saturated carbocycles. The number of fused-ring (bicyclic) bond motifs is 1. The van der Waals surface area contributed by atoms with Crippen LogP contribution in [0.3, 0.4) is 0 Å². The summed E-state index contributed by atoms with van der Waals surface area (Å²) in [6, 6.07) is 7.14. The van der Waals surface area contributed by atoms with Crippen LogP contribution in [0, 0.1) is 0 Å². The molecule has 2 rings (SSSR count). The SMILES string of the molecule is CON1C(=O)c2ccccc2/C1=C\C(=O)NC(C)C. The highest BCUT2D eigenvalue weighted by molar-refractivity contribution is 6.11. The van der Waals surface area contributed by atoms with E-state index in [4.69, 9.17) is 4.84 Å². The van der Waals surface area contributed by atoms with Gasteiger partial charge in [0.1, 0.15) is 0 Å². The van der Waals surface area contributed by atoms with Gasteiger partial charge in [-0.15, -0.1) is 0 Å². The molecular formula is C14H16N2O3. The monoisotopic (exact) mass is 260 g/mol. The molecule has 0 atom stereocenters. The minimum Gasteiger partial charge on any atom is -0.350 e. The highest BCUT2D eigenvalue weighted by Gasteiger charge is 2.32. The molecule has 5 heteroatoms. The van der Waals surface area contributed by atoms with Crippen LogP contribution in [-0.4, -0.2) is 30.0 Å². The fourth-order valence-corrected chi connectivity index (χ4v) is 1.99. The maximum atomic E-state index is 12.1. The second kappa shape index (κ2) is 5.24. The van der Waals surface area contributed by atoms with Crippen LogP contribution in [0.5, 0.6) is 0 Å². The van der Waals surface area contributed by atoms with Crippen molar-refractivity contribution in [2.75, 3.05) is 7.11 Å². The van der Waals surface area contributed by atoms with Crippen LogP contribution in [0.4, 0.5) is 0 Å². The van der Waals surface area contributed by atoms with Gasteiger partial charge >= 0.3 is 0 Å². The zero-order chi connectivity index (χ0) is 14.0. The quantitative estimate of drug-likeness (QED) is 0.839. The number of hydroxylamine groups is 2. The Morgan fingerprint density at radius 2 is 1.95 bits per heavy atom.